The molecule has 0 bridgehead atoms. The van der Waals surface area contributed by atoms with Crippen molar-refractivity contribution in [1.29, 1.82) is 0 Å². The van der Waals surface area contributed by atoms with Crippen LogP contribution in [0.3, 0.4) is 0 Å². The summed E-state index contributed by atoms with van der Waals surface area (Å²) in [5.74, 6) is -2.95. The summed E-state index contributed by atoms with van der Waals surface area (Å²) >= 11 is 0. The molecule has 2 rings (SSSR count). The number of hydrogen-bond acceptors (Lipinski definition) is 9. The third kappa shape index (κ3) is 7.15. The fourth-order valence-electron chi connectivity index (χ4n) is 3.69. The molecule has 0 aromatic rings. The number of rotatable bonds is 6. The standard InChI is InChI=1S/C24H30O9/c1-13(8-9-25)23(28)32-21-11-18(12-30-16(4)26)6-7-19(31-17(5)27)14(2)10-20-22(21)15(3)24(29)33-20/h6,8,10,19-22,25H,3,7,9,11-12H2,1-2,4-5H3. The Balaban J connectivity index is 2.50. The van der Waals surface area contributed by atoms with Gasteiger partial charge in [-0.25, -0.2) is 9.59 Å². The fourth-order valence-corrected chi connectivity index (χ4v) is 3.69. The zero-order valence-electron chi connectivity index (χ0n) is 19.3. The predicted octanol–water partition coefficient (Wildman–Crippen LogP) is 2.10. The average Bonchev–Trinajstić information content (AvgIpc) is 3.00. The van der Waals surface area contributed by atoms with E-state index in [9.17, 15) is 19.2 Å². The first-order valence-electron chi connectivity index (χ1n) is 10.6. The highest BCUT2D eigenvalue weighted by atomic mass is 16.6. The van der Waals surface area contributed by atoms with Gasteiger partial charge < -0.3 is 24.1 Å². The van der Waals surface area contributed by atoms with E-state index in [1.807, 2.05) is 0 Å². The van der Waals surface area contributed by atoms with Gasteiger partial charge in [-0.1, -0.05) is 12.7 Å². The molecule has 1 heterocycles. The highest BCUT2D eigenvalue weighted by Crippen LogP contribution is 2.37. The van der Waals surface area contributed by atoms with Crippen molar-refractivity contribution in [2.24, 2.45) is 5.92 Å². The van der Waals surface area contributed by atoms with E-state index in [4.69, 9.17) is 24.1 Å². The van der Waals surface area contributed by atoms with E-state index < -0.39 is 48.1 Å². The highest BCUT2D eigenvalue weighted by molar-refractivity contribution is 5.92. The fraction of sp³-hybridized carbons (Fsp3) is 0.500. The molecule has 1 fully saturated rings. The summed E-state index contributed by atoms with van der Waals surface area (Å²) in [6.07, 6.45) is 2.90. The van der Waals surface area contributed by atoms with Gasteiger partial charge in [0.1, 0.15) is 24.9 Å². The third-order valence-corrected chi connectivity index (χ3v) is 5.43. The monoisotopic (exact) mass is 462 g/mol. The van der Waals surface area contributed by atoms with Gasteiger partial charge >= 0.3 is 23.9 Å². The molecule has 4 unspecified atom stereocenters. The van der Waals surface area contributed by atoms with Crippen LogP contribution in [0, 0.1) is 5.92 Å². The largest absolute Gasteiger partial charge is 0.461 e. The van der Waals surface area contributed by atoms with Crippen LogP contribution in [-0.2, 0) is 38.1 Å². The van der Waals surface area contributed by atoms with Crippen molar-refractivity contribution >= 4 is 23.9 Å². The SMILES string of the molecule is C=C1C(=O)OC2C=C(C)C(OC(C)=O)CC=C(COC(C)=O)CC(OC(=O)C(C)=CCO)C12. The lowest BCUT2D eigenvalue weighted by Crippen LogP contribution is -2.35. The van der Waals surface area contributed by atoms with Gasteiger partial charge in [0.05, 0.1) is 12.5 Å². The summed E-state index contributed by atoms with van der Waals surface area (Å²) in [5.41, 5.74) is 1.61. The zero-order valence-corrected chi connectivity index (χ0v) is 19.3. The minimum atomic E-state index is -0.861. The normalized spacial score (nSPS) is 25.8. The first-order chi connectivity index (χ1) is 15.5. The molecule has 0 aromatic heterocycles. The maximum atomic E-state index is 12.6. The Morgan fingerprint density at radius 2 is 1.91 bits per heavy atom. The first-order valence-corrected chi connectivity index (χ1v) is 10.6. The van der Waals surface area contributed by atoms with Gasteiger partial charge in [0.2, 0.25) is 0 Å². The maximum Gasteiger partial charge on any atom is 0.334 e. The summed E-state index contributed by atoms with van der Waals surface area (Å²) in [6.45, 7) is 9.26. The van der Waals surface area contributed by atoms with Gasteiger partial charge in [-0.3, -0.25) is 9.59 Å². The average molecular weight is 462 g/mol. The molecule has 4 atom stereocenters. The molecule has 0 radical (unpaired) electrons. The van der Waals surface area contributed by atoms with Crippen molar-refractivity contribution in [1.82, 2.24) is 0 Å². The number of hydrogen-bond donors (Lipinski definition) is 1. The lowest BCUT2D eigenvalue weighted by Gasteiger charge is -2.29. The van der Waals surface area contributed by atoms with E-state index >= 15 is 0 Å². The summed E-state index contributed by atoms with van der Waals surface area (Å²) in [6, 6.07) is 0. The Hall–Kier alpha value is -3.20. The van der Waals surface area contributed by atoms with Gasteiger partial charge in [0.25, 0.3) is 0 Å². The number of carbonyl (C=O) groups is 4. The van der Waals surface area contributed by atoms with Gasteiger partial charge in [-0.15, -0.1) is 0 Å². The van der Waals surface area contributed by atoms with E-state index in [0.29, 0.717) is 11.1 Å². The van der Waals surface area contributed by atoms with E-state index in [2.05, 4.69) is 6.58 Å². The summed E-state index contributed by atoms with van der Waals surface area (Å²) in [7, 11) is 0. The minimum absolute atomic E-state index is 0.0664. The summed E-state index contributed by atoms with van der Waals surface area (Å²) in [5, 5.41) is 9.09. The smallest absolute Gasteiger partial charge is 0.334 e. The van der Waals surface area contributed by atoms with Gasteiger partial charge in [0, 0.05) is 37.8 Å². The highest BCUT2D eigenvalue weighted by Gasteiger charge is 2.45. The Labute approximate surface area is 192 Å². The Bertz CT molecular complexity index is 909. The molecule has 1 aliphatic carbocycles. The molecular formula is C24H30O9. The van der Waals surface area contributed by atoms with Crippen LogP contribution < -0.4 is 0 Å². The summed E-state index contributed by atoms with van der Waals surface area (Å²) in [4.78, 5) is 48.0. The van der Waals surface area contributed by atoms with Crippen LogP contribution in [0.2, 0.25) is 0 Å². The van der Waals surface area contributed by atoms with Gasteiger partial charge in [-0.05, 0) is 37.1 Å². The first kappa shape index (κ1) is 26.1. The number of esters is 4. The third-order valence-electron chi connectivity index (χ3n) is 5.43. The van der Waals surface area contributed by atoms with Crippen LogP contribution in [0.4, 0.5) is 0 Å². The van der Waals surface area contributed by atoms with Crippen molar-refractivity contribution in [3.05, 3.63) is 47.1 Å². The second kappa shape index (κ2) is 11.6. The number of aliphatic hydroxyl groups excluding tert-OH is 1. The van der Waals surface area contributed by atoms with Crippen LogP contribution >= 0.6 is 0 Å². The van der Waals surface area contributed by atoms with Gasteiger partial charge in [0.15, 0.2) is 0 Å². The van der Waals surface area contributed by atoms with E-state index in [1.54, 1.807) is 19.1 Å². The number of fused-ring (bicyclic) bond motifs is 1. The predicted molar refractivity (Wildman–Crippen MR) is 116 cm³/mol. The second-order valence-electron chi connectivity index (χ2n) is 8.03. The molecule has 2 aliphatic rings. The molecule has 1 aliphatic heterocycles. The van der Waals surface area contributed by atoms with Gasteiger partial charge in [-0.2, -0.15) is 0 Å². The van der Waals surface area contributed by atoms with Crippen molar-refractivity contribution < 1.29 is 43.2 Å². The van der Waals surface area contributed by atoms with Crippen molar-refractivity contribution in [2.75, 3.05) is 13.2 Å². The molecule has 1 N–H and O–H groups in total. The molecule has 0 spiro atoms. The zero-order chi connectivity index (χ0) is 24.7. The Kier molecular flexibility index (Phi) is 9.16. The Morgan fingerprint density at radius 3 is 2.52 bits per heavy atom. The maximum absolute atomic E-state index is 12.6. The molecule has 1 saturated heterocycles. The van der Waals surface area contributed by atoms with Crippen molar-refractivity contribution in [3.8, 4) is 0 Å². The molecule has 180 valence electrons. The summed E-state index contributed by atoms with van der Waals surface area (Å²) < 4.78 is 21.8. The number of carbonyl (C=O) groups excluding carboxylic acids is 4. The molecule has 9 heteroatoms. The molecular weight excluding hydrogens is 432 g/mol. The van der Waals surface area contributed by atoms with E-state index in [0.717, 1.165) is 0 Å². The van der Waals surface area contributed by atoms with E-state index in [1.165, 1.54) is 26.8 Å². The Morgan fingerprint density at radius 1 is 1.21 bits per heavy atom. The molecule has 33 heavy (non-hydrogen) atoms. The molecule has 0 saturated carbocycles. The second-order valence-corrected chi connectivity index (χ2v) is 8.03. The van der Waals surface area contributed by atoms with Crippen molar-refractivity contribution in [3.63, 3.8) is 0 Å². The van der Waals surface area contributed by atoms with Crippen molar-refractivity contribution in [2.45, 2.75) is 58.8 Å². The topological polar surface area (TPSA) is 125 Å². The van der Waals surface area contributed by atoms with E-state index in [-0.39, 0.29) is 37.2 Å². The quantitative estimate of drug-likeness (QED) is 0.273. The lowest BCUT2D eigenvalue weighted by atomic mass is 9.85. The minimum Gasteiger partial charge on any atom is -0.461 e. The molecule has 0 aromatic carbocycles. The lowest BCUT2D eigenvalue weighted by molar-refractivity contribution is -0.148. The van der Waals surface area contributed by atoms with Crippen LogP contribution in [0.15, 0.2) is 47.1 Å². The number of ether oxygens (including phenoxy) is 4. The van der Waals surface area contributed by atoms with Crippen LogP contribution in [0.1, 0.15) is 40.5 Å². The van der Waals surface area contributed by atoms with Crippen LogP contribution in [0.25, 0.3) is 0 Å². The molecule has 0 amide bonds. The van der Waals surface area contributed by atoms with Crippen LogP contribution in [-0.4, -0.2) is 60.5 Å². The molecule has 9 nitrogen and oxygen atoms in total. The van der Waals surface area contributed by atoms with Crippen LogP contribution in [0.5, 0.6) is 0 Å². The number of aliphatic hydroxyl groups is 1.